The second-order valence-electron chi connectivity index (χ2n) is 11.0. The molecule has 2 aromatic carbocycles. The molecular weight excluding hydrogens is 416 g/mol. The van der Waals surface area contributed by atoms with Crippen molar-refractivity contribution in [3.8, 4) is 0 Å². The van der Waals surface area contributed by atoms with Crippen LogP contribution < -0.4 is 5.32 Å². The fourth-order valence-electron chi connectivity index (χ4n) is 6.45. The Kier molecular flexibility index (Phi) is 7.71. The van der Waals surface area contributed by atoms with Gasteiger partial charge in [-0.25, -0.2) is 0 Å². The van der Waals surface area contributed by atoms with Crippen molar-refractivity contribution < 1.29 is 5.11 Å². The highest BCUT2D eigenvalue weighted by molar-refractivity contribution is 5.85. The van der Waals surface area contributed by atoms with Gasteiger partial charge in [0, 0.05) is 35.6 Å². The molecule has 0 amide bonds. The smallest absolute Gasteiger partial charge is 0.0541 e. The number of benzene rings is 2. The summed E-state index contributed by atoms with van der Waals surface area (Å²) in [6, 6.07) is 18.7. The Bertz CT molecular complexity index is 1060. The normalized spacial score (nSPS) is 22.8. The van der Waals surface area contributed by atoms with Gasteiger partial charge in [-0.2, -0.15) is 0 Å². The van der Waals surface area contributed by atoms with Gasteiger partial charge in [-0.15, -0.1) is 0 Å². The summed E-state index contributed by atoms with van der Waals surface area (Å²) in [7, 11) is 0. The number of hydrogen-bond donors (Lipinski definition) is 2. The van der Waals surface area contributed by atoms with Crippen molar-refractivity contribution in [2.24, 2.45) is 5.92 Å². The maximum absolute atomic E-state index is 9.85. The Morgan fingerprint density at radius 3 is 2.53 bits per heavy atom. The summed E-state index contributed by atoms with van der Waals surface area (Å²) in [4.78, 5) is 0. The van der Waals surface area contributed by atoms with Crippen molar-refractivity contribution in [3.63, 3.8) is 0 Å². The summed E-state index contributed by atoms with van der Waals surface area (Å²) in [5, 5.41) is 15.1. The molecule has 3 aromatic rings. The Balaban J connectivity index is 1.41. The van der Waals surface area contributed by atoms with E-state index in [9.17, 15) is 5.11 Å². The number of hydrogen-bond acceptors (Lipinski definition) is 2. The minimum Gasteiger partial charge on any atom is -0.393 e. The first-order chi connectivity index (χ1) is 16.7. The number of aliphatic hydroxyl groups is 1. The zero-order valence-electron chi connectivity index (χ0n) is 20.9. The molecule has 1 atom stereocenters. The molecule has 0 radical (unpaired) electrons. The van der Waals surface area contributed by atoms with E-state index in [0.717, 1.165) is 51.1 Å². The molecule has 1 unspecified atom stereocenters. The van der Waals surface area contributed by atoms with Crippen LogP contribution in [0.5, 0.6) is 0 Å². The van der Waals surface area contributed by atoms with Gasteiger partial charge in [0.25, 0.3) is 0 Å². The Hall–Kier alpha value is -2.10. The lowest BCUT2D eigenvalue weighted by Gasteiger charge is -2.27. The van der Waals surface area contributed by atoms with Crippen molar-refractivity contribution in [3.05, 3.63) is 71.4 Å². The van der Waals surface area contributed by atoms with E-state index >= 15 is 0 Å². The third-order valence-corrected chi connectivity index (χ3v) is 8.38. The summed E-state index contributed by atoms with van der Waals surface area (Å²) < 4.78 is 2.57. The molecule has 34 heavy (non-hydrogen) atoms. The van der Waals surface area contributed by atoms with Gasteiger partial charge < -0.3 is 15.0 Å². The lowest BCUT2D eigenvalue weighted by atomic mass is 9.87. The first-order valence-electron chi connectivity index (χ1n) is 13.7. The van der Waals surface area contributed by atoms with Crippen LogP contribution in [0.4, 0.5) is 0 Å². The number of aromatic nitrogens is 1. The zero-order chi connectivity index (χ0) is 23.3. The van der Waals surface area contributed by atoms with E-state index in [2.05, 4.69) is 71.5 Å². The van der Waals surface area contributed by atoms with Crippen LogP contribution in [-0.4, -0.2) is 28.4 Å². The molecule has 3 heteroatoms. The molecule has 1 heterocycles. The number of nitrogens with zero attached hydrogens (tertiary/aromatic N) is 1. The second kappa shape index (κ2) is 11.1. The van der Waals surface area contributed by atoms with E-state index < -0.39 is 0 Å². The Morgan fingerprint density at radius 1 is 0.941 bits per heavy atom. The fraction of sp³-hybridized carbons (Fsp3) is 0.548. The van der Waals surface area contributed by atoms with E-state index in [1.807, 2.05) is 0 Å². The van der Waals surface area contributed by atoms with Crippen LogP contribution in [0.2, 0.25) is 0 Å². The summed E-state index contributed by atoms with van der Waals surface area (Å²) >= 11 is 0. The maximum atomic E-state index is 9.85. The topological polar surface area (TPSA) is 37.2 Å². The number of fused-ring (bicyclic) bond motifs is 1. The number of aliphatic hydroxyl groups excluding tert-OH is 1. The molecular formula is C31H42N2O. The first-order valence-corrected chi connectivity index (χ1v) is 13.7. The van der Waals surface area contributed by atoms with E-state index in [1.165, 1.54) is 59.7 Å². The van der Waals surface area contributed by atoms with E-state index in [0.29, 0.717) is 12.0 Å². The summed E-state index contributed by atoms with van der Waals surface area (Å²) in [5.41, 5.74) is 5.65. The van der Waals surface area contributed by atoms with Gasteiger partial charge in [0.05, 0.1) is 6.10 Å². The lowest BCUT2D eigenvalue weighted by Crippen LogP contribution is -2.35. The predicted octanol–water partition coefficient (Wildman–Crippen LogP) is 6.95. The van der Waals surface area contributed by atoms with Crippen molar-refractivity contribution >= 4 is 10.9 Å². The molecule has 5 rings (SSSR count). The molecule has 0 saturated heterocycles. The van der Waals surface area contributed by atoms with E-state index in [-0.39, 0.29) is 6.10 Å². The van der Waals surface area contributed by atoms with Crippen LogP contribution in [-0.2, 0) is 6.54 Å². The Morgan fingerprint density at radius 2 is 1.74 bits per heavy atom. The van der Waals surface area contributed by atoms with Crippen LogP contribution in [0, 0.1) is 12.8 Å². The van der Waals surface area contributed by atoms with Crippen LogP contribution >= 0.6 is 0 Å². The van der Waals surface area contributed by atoms with Gasteiger partial charge in [-0.05, 0) is 81.5 Å². The average Bonchev–Trinajstić information content (AvgIpc) is 3.22. The quantitative estimate of drug-likeness (QED) is 0.383. The number of rotatable bonds is 8. The molecule has 0 aliphatic heterocycles. The first kappa shape index (κ1) is 23.6. The summed E-state index contributed by atoms with van der Waals surface area (Å²) in [5.74, 6) is 1.21. The van der Waals surface area contributed by atoms with Crippen LogP contribution in [0.3, 0.4) is 0 Å². The highest BCUT2D eigenvalue weighted by Gasteiger charge is 2.23. The molecule has 182 valence electrons. The van der Waals surface area contributed by atoms with Crippen molar-refractivity contribution in [2.45, 2.75) is 95.7 Å². The molecule has 2 N–H and O–H groups in total. The molecule has 2 fully saturated rings. The van der Waals surface area contributed by atoms with Gasteiger partial charge in [0.15, 0.2) is 0 Å². The molecule has 2 aliphatic carbocycles. The molecule has 0 spiro atoms. The zero-order valence-corrected chi connectivity index (χ0v) is 20.9. The van der Waals surface area contributed by atoms with Crippen LogP contribution in [0.1, 0.15) is 86.8 Å². The number of nitrogens with one attached hydrogen (secondary N) is 1. The molecule has 3 nitrogen and oxygen atoms in total. The third kappa shape index (κ3) is 5.58. The maximum Gasteiger partial charge on any atom is 0.0541 e. The highest BCUT2D eigenvalue weighted by atomic mass is 16.3. The predicted molar refractivity (Wildman–Crippen MR) is 142 cm³/mol. The third-order valence-electron chi connectivity index (χ3n) is 8.38. The van der Waals surface area contributed by atoms with Gasteiger partial charge in [0.2, 0.25) is 0 Å². The fourth-order valence-corrected chi connectivity index (χ4v) is 6.45. The van der Waals surface area contributed by atoms with Gasteiger partial charge in [-0.1, -0.05) is 67.3 Å². The van der Waals surface area contributed by atoms with E-state index in [4.69, 9.17) is 0 Å². The summed E-state index contributed by atoms with van der Waals surface area (Å²) in [6.45, 7) is 4.38. The Labute approximate surface area is 205 Å². The van der Waals surface area contributed by atoms with Crippen LogP contribution in [0.15, 0.2) is 54.7 Å². The number of para-hydroxylation sites is 1. The number of aryl methyl sites for hydroxylation is 1. The standard InChI is InChI=1S/C31H42N2O/c1-23-8-7-11-25(20-23)28(18-19-32-26-14-16-27(34)17-15-26)30-22-33(21-24-9-3-2-4-10-24)31-13-6-5-12-29(30)31/h5-8,11-13,20,22,24,26-28,32,34H,2-4,9-10,14-19,21H2,1H3/t26-,27-,28?. The summed E-state index contributed by atoms with van der Waals surface area (Å²) in [6.07, 6.45) is 14.5. The van der Waals surface area contributed by atoms with Gasteiger partial charge >= 0.3 is 0 Å². The van der Waals surface area contributed by atoms with Crippen molar-refractivity contribution in [2.75, 3.05) is 6.54 Å². The lowest BCUT2D eigenvalue weighted by molar-refractivity contribution is 0.116. The van der Waals surface area contributed by atoms with Crippen molar-refractivity contribution in [1.82, 2.24) is 9.88 Å². The molecule has 2 aliphatic rings. The average molecular weight is 459 g/mol. The van der Waals surface area contributed by atoms with Crippen molar-refractivity contribution in [1.29, 1.82) is 0 Å². The van der Waals surface area contributed by atoms with Gasteiger partial charge in [0.1, 0.15) is 0 Å². The highest BCUT2D eigenvalue weighted by Crippen LogP contribution is 2.36. The van der Waals surface area contributed by atoms with Crippen LogP contribution in [0.25, 0.3) is 10.9 Å². The minimum atomic E-state index is -0.0895. The largest absolute Gasteiger partial charge is 0.393 e. The second-order valence-corrected chi connectivity index (χ2v) is 11.0. The molecule has 2 saturated carbocycles. The monoisotopic (exact) mass is 458 g/mol. The molecule has 0 bridgehead atoms. The SMILES string of the molecule is Cc1cccc(C(CCN[C@H]2CC[C@H](O)CC2)c2cn(CC3CCCCC3)c3ccccc23)c1. The van der Waals surface area contributed by atoms with Gasteiger partial charge in [-0.3, -0.25) is 0 Å². The molecule has 1 aromatic heterocycles. The minimum absolute atomic E-state index is 0.0895. The van der Waals surface area contributed by atoms with E-state index in [1.54, 1.807) is 0 Å².